The number of rotatable bonds is 2. The van der Waals surface area contributed by atoms with Crippen LogP contribution >= 0.6 is 11.6 Å². The van der Waals surface area contributed by atoms with Gasteiger partial charge in [-0.3, -0.25) is 4.98 Å². The number of aromatic nitrogens is 2. The molecule has 1 aromatic carbocycles. The highest BCUT2D eigenvalue weighted by molar-refractivity contribution is 7.91. The van der Waals surface area contributed by atoms with Crippen LogP contribution in [0.25, 0.3) is 10.9 Å². The van der Waals surface area contributed by atoms with E-state index in [1.165, 1.54) is 24.5 Å². The number of aromatic hydroxyl groups is 1. The predicted molar refractivity (Wildman–Crippen MR) is 78.1 cm³/mol. The first-order valence-corrected chi connectivity index (χ1v) is 7.80. The van der Waals surface area contributed by atoms with Crippen molar-refractivity contribution in [1.82, 2.24) is 9.97 Å². The zero-order valence-corrected chi connectivity index (χ0v) is 12.1. The molecule has 0 spiro atoms. The van der Waals surface area contributed by atoms with Crippen molar-refractivity contribution in [2.45, 2.75) is 9.92 Å². The lowest BCUT2D eigenvalue weighted by molar-refractivity contribution is 0.480. The van der Waals surface area contributed by atoms with Crippen LogP contribution in [0.1, 0.15) is 0 Å². The third kappa shape index (κ3) is 2.22. The predicted octanol–water partition coefficient (Wildman–Crippen LogP) is 2.82. The topological polar surface area (TPSA) is 80.2 Å². The van der Waals surface area contributed by atoms with Crippen molar-refractivity contribution in [3.05, 3.63) is 53.8 Å². The summed E-state index contributed by atoms with van der Waals surface area (Å²) in [5.74, 6) is -0.243. The molecular formula is C14H9ClN2O3S. The molecule has 5 nitrogen and oxygen atoms in total. The number of benzene rings is 1. The Morgan fingerprint density at radius 3 is 2.52 bits per heavy atom. The summed E-state index contributed by atoms with van der Waals surface area (Å²) in [7, 11) is -3.85. The van der Waals surface area contributed by atoms with Crippen molar-refractivity contribution in [2.75, 3.05) is 0 Å². The molecule has 1 N–H and O–H groups in total. The third-order valence-corrected chi connectivity index (χ3v) is 4.98. The molecule has 0 aliphatic rings. The largest absolute Gasteiger partial charge is 0.504 e. The van der Waals surface area contributed by atoms with Crippen molar-refractivity contribution in [2.24, 2.45) is 0 Å². The lowest BCUT2D eigenvalue weighted by Crippen LogP contribution is -2.05. The van der Waals surface area contributed by atoms with Gasteiger partial charge in [-0.1, -0.05) is 17.7 Å². The van der Waals surface area contributed by atoms with E-state index in [1.54, 1.807) is 24.3 Å². The molecule has 0 radical (unpaired) electrons. The molecule has 3 aromatic rings. The standard InChI is InChI=1S/C14H9ClN2O3S/c15-10-8-11(9-4-3-7-17-13(9)14(10)18)21(19,20)12-5-1-2-6-16-12/h1-8,18H. The normalized spacial score (nSPS) is 11.7. The van der Waals surface area contributed by atoms with Gasteiger partial charge in [0.05, 0.1) is 9.92 Å². The smallest absolute Gasteiger partial charge is 0.224 e. The van der Waals surface area contributed by atoms with Crippen LogP contribution < -0.4 is 0 Å². The van der Waals surface area contributed by atoms with Gasteiger partial charge >= 0.3 is 0 Å². The molecule has 0 fully saturated rings. The molecule has 0 saturated heterocycles. The van der Waals surface area contributed by atoms with Crippen LogP contribution in [-0.4, -0.2) is 23.5 Å². The van der Waals surface area contributed by atoms with Crippen LogP contribution in [0.2, 0.25) is 5.02 Å². The number of fused-ring (bicyclic) bond motifs is 1. The summed E-state index contributed by atoms with van der Waals surface area (Å²) in [6.07, 6.45) is 2.85. The Morgan fingerprint density at radius 2 is 1.81 bits per heavy atom. The van der Waals surface area contributed by atoms with Crippen LogP contribution in [0.4, 0.5) is 0 Å². The number of phenols is 1. The molecule has 0 amide bonds. The van der Waals surface area contributed by atoms with E-state index < -0.39 is 9.84 Å². The molecule has 21 heavy (non-hydrogen) atoms. The first-order chi connectivity index (χ1) is 10.0. The second-order valence-electron chi connectivity index (χ2n) is 4.28. The summed E-state index contributed by atoms with van der Waals surface area (Å²) in [6.45, 7) is 0. The number of halogens is 1. The summed E-state index contributed by atoms with van der Waals surface area (Å²) >= 11 is 5.91. The number of hydrogen-bond acceptors (Lipinski definition) is 5. The van der Waals surface area contributed by atoms with Gasteiger partial charge < -0.3 is 5.11 Å². The SMILES string of the molecule is O=S(=O)(c1ccccn1)c1cc(Cl)c(O)c2ncccc12. The van der Waals surface area contributed by atoms with Crippen molar-refractivity contribution >= 4 is 32.3 Å². The van der Waals surface area contributed by atoms with Gasteiger partial charge in [0.15, 0.2) is 10.8 Å². The molecular weight excluding hydrogens is 312 g/mol. The number of hydrogen-bond donors (Lipinski definition) is 1. The first-order valence-electron chi connectivity index (χ1n) is 5.94. The fourth-order valence-electron chi connectivity index (χ4n) is 2.01. The van der Waals surface area contributed by atoms with E-state index >= 15 is 0 Å². The Labute approximate surface area is 125 Å². The monoisotopic (exact) mass is 320 g/mol. The van der Waals surface area contributed by atoms with Crippen LogP contribution in [0.5, 0.6) is 5.75 Å². The Bertz CT molecular complexity index is 928. The van der Waals surface area contributed by atoms with Gasteiger partial charge in [0.25, 0.3) is 0 Å². The molecule has 0 bridgehead atoms. The molecule has 0 atom stereocenters. The average Bonchev–Trinajstić information content (AvgIpc) is 2.51. The maximum atomic E-state index is 12.7. The van der Waals surface area contributed by atoms with E-state index in [0.717, 1.165) is 0 Å². The van der Waals surface area contributed by atoms with Gasteiger partial charge in [0.1, 0.15) is 5.52 Å². The highest BCUT2D eigenvalue weighted by Gasteiger charge is 2.24. The molecule has 0 saturated carbocycles. The molecule has 2 aromatic heterocycles. The Balaban J connectivity index is 2.39. The van der Waals surface area contributed by atoms with Crippen molar-refractivity contribution in [3.8, 4) is 5.75 Å². The Morgan fingerprint density at radius 1 is 1.05 bits per heavy atom. The van der Waals surface area contributed by atoms with Gasteiger partial charge in [-0.15, -0.1) is 0 Å². The second kappa shape index (κ2) is 4.98. The lowest BCUT2D eigenvalue weighted by atomic mass is 10.2. The molecule has 7 heteroatoms. The highest BCUT2D eigenvalue weighted by atomic mass is 35.5. The van der Waals surface area contributed by atoms with E-state index in [9.17, 15) is 13.5 Å². The van der Waals surface area contributed by atoms with Crippen molar-refractivity contribution in [3.63, 3.8) is 0 Å². The molecule has 0 aliphatic carbocycles. The van der Waals surface area contributed by atoms with E-state index in [-0.39, 0.29) is 26.2 Å². The fourth-order valence-corrected chi connectivity index (χ4v) is 3.68. The quantitative estimate of drug-likeness (QED) is 0.785. The Hall–Kier alpha value is -2.18. The van der Waals surface area contributed by atoms with Gasteiger partial charge in [-0.25, -0.2) is 13.4 Å². The number of nitrogens with zero attached hydrogens (tertiary/aromatic N) is 2. The van der Waals surface area contributed by atoms with E-state index in [0.29, 0.717) is 5.39 Å². The summed E-state index contributed by atoms with van der Waals surface area (Å²) in [5.41, 5.74) is 0.138. The maximum absolute atomic E-state index is 12.7. The zero-order valence-electron chi connectivity index (χ0n) is 10.6. The minimum atomic E-state index is -3.85. The summed E-state index contributed by atoms with van der Waals surface area (Å²) < 4.78 is 25.4. The summed E-state index contributed by atoms with van der Waals surface area (Å²) in [4.78, 5) is 7.83. The zero-order chi connectivity index (χ0) is 15.0. The van der Waals surface area contributed by atoms with Gasteiger partial charge in [-0.2, -0.15) is 0 Å². The van der Waals surface area contributed by atoms with E-state index in [1.807, 2.05) is 0 Å². The van der Waals surface area contributed by atoms with Crippen molar-refractivity contribution < 1.29 is 13.5 Å². The van der Waals surface area contributed by atoms with Crippen LogP contribution in [0.15, 0.2) is 58.7 Å². The van der Waals surface area contributed by atoms with Crippen LogP contribution in [0.3, 0.4) is 0 Å². The van der Waals surface area contributed by atoms with Crippen molar-refractivity contribution in [1.29, 1.82) is 0 Å². The second-order valence-corrected chi connectivity index (χ2v) is 6.55. The highest BCUT2D eigenvalue weighted by Crippen LogP contribution is 2.37. The third-order valence-electron chi connectivity index (χ3n) is 2.98. The minimum absolute atomic E-state index is 0.0351. The average molecular weight is 321 g/mol. The minimum Gasteiger partial charge on any atom is -0.504 e. The fraction of sp³-hybridized carbons (Fsp3) is 0. The molecule has 0 aliphatic heterocycles. The van der Waals surface area contributed by atoms with E-state index in [4.69, 9.17) is 11.6 Å². The van der Waals surface area contributed by atoms with Gasteiger partial charge in [-0.05, 0) is 30.3 Å². The van der Waals surface area contributed by atoms with Gasteiger partial charge in [0.2, 0.25) is 9.84 Å². The first kappa shape index (κ1) is 13.8. The summed E-state index contributed by atoms with van der Waals surface area (Å²) in [5, 5.41) is 10.1. The number of sulfone groups is 1. The van der Waals surface area contributed by atoms with Crippen LogP contribution in [-0.2, 0) is 9.84 Å². The van der Waals surface area contributed by atoms with Crippen LogP contribution in [0, 0.1) is 0 Å². The number of pyridine rings is 2. The van der Waals surface area contributed by atoms with E-state index in [2.05, 4.69) is 9.97 Å². The number of phenolic OH excluding ortho intramolecular Hbond substituents is 1. The van der Waals surface area contributed by atoms with Gasteiger partial charge in [0, 0.05) is 17.8 Å². The summed E-state index contributed by atoms with van der Waals surface area (Å²) in [6, 6.07) is 8.98. The lowest BCUT2D eigenvalue weighted by Gasteiger charge is -2.09. The molecule has 2 heterocycles. The molecule has 0 unspecified atom stereocenters. The molecule has 3 rings (SSSR count). The Kier molecular flexibility index (Phi) is 3.27. The molecule has 106 valence electrons. The maximum Gasteiger partial charge on any atom is 0.224 e.